The van der Waals surface area contributed by atoms with Crippen molar-refractivity contribution in [2.24, 2.45) is 5.73 Å². The third kappa shape index (κ3) is 3.97. The fraction of sp³-hybridized carbons (Fsp3) is 0.600. The van der Waals surface area contributed by atoms with Crippen LogP contribution in [0.15, 0.2) is 28.7 Å². The minimum Gasteiger partial charge on any atom is -0.326 e. The Balaban J connectivity index is 2.20. The van der Waals surface area contributed by atoms with E-state index >= 15 is 0 Å². The molecule has 1 aliphatic rings. The lowest BCUT2D eigenvalue weighted by Crippen LogP contribution is -2.46. The standard InChI is InChI=1S/C15H23BrN2S/c1-3-14-10-18(7-8-19-14)15(11(2)17)12-5-4-6-13(16)9-12/h4-6,9,11,14-15H,3,7-8,10,17H2,1-2H3. The lowest BCUT2D eigenvalue weighted by atomic mass is 9.98. The van der Waals surface area contributed by atoms with Gasteiger partial charge in [-0.3, -0.25) is 4.90 Å². The Hall–Kier alpha value is -0.0300. The van der Waals surface area contributed by atoms with Crippen LogP contribution in [0.4, 0.5) is 0 Å². The lowest BCUT2D eigenvalue weighted by molar-refractivity contribution is 0.181. The van der Waals surface area contributed by atoms with Gasteiger partial charge in [-0.25, -0.2) is 0 Å². The van der Waals surface area contributed by atoms with Gasteiger partial charge >= 0.3 is 0 Å². The van der Waals surface area contributed by atoms with E-state index in [0.717, 1.165) is 22.8 Å². The number of nitrogens with two attached hydrogens (primary N) is 1. The highest BCUT2D eigenvalue weighted by Gasteiger charge is 2.28. The van der Waals surface area contributed by atoms with Gasteiger partial charge in [-0.15, -0.1) is 0 Å². The molecular weight excluding hydrogens is 320 g/mol. The fourth-order valence-corrected chi connectivity index (χ4v) is 4.40. The molecule has 1 aromatic rings. The molecule has 2 N–H and O–H groups in total. The largest absolute Gasteiger partial charge is 0.326 e. The van der Waals surface area contributed by atoms with Crippen molar-refractivity contribution >= 4 is 27.7 Å². The van der Waals surface area contributed by atoms with E-state index in [-0.39, 0.29) is 6.04 Å². The summed E-state index contributed by atoms with van der Waals surface area (Å²) in [6, 6.07) is 9.05. The molecule has 2 nitrogen and oxygen atoms in total. The molecule has 3 unspecified atom stereocenters. The Bertz CT molecular complexity index is 411. The van der Waals surface area contributed by atoms with Crippen molar-refractivity contribution in [2.75, 3.05) is 18.8 Å². The number of thioether (sulfide) groups is 1. The highest BCUT2D eigenvalue weighted by atomic mass is 79.9. The first-order chi connectivity index (χ1) is 9.11. The fourth-order valence-electron chi connectivity index (χ4n) is 2.78. The molecule has 19 heavy (non-hydrogen) atoms. The summed E-state index contributed by atoms with van der Waals surface area (Å²) >= 11 is 5.67. The SMILES string of the molecule is CCC1CN(C(c2cccc(Br)c2)C(C)N)CCS1. The third-order valence-electron chi connectivity index (χ3n) is 3.71. The van der Waals surface area contributed by atoms with Crippen molar-refractivity contribution in [2.45, 2.75) is 37.6 Å². The van der Waals surface area contributed by atoms with Crippen LogP contribution in [0.3, 0.4) is 0 Å². The van der Waals surface area contributed by atoms with Crippen LogP contribution in [-0.4, -0.2) is 35.0 Å². The van der Waals surface area contributed by atoms with E-state index in [0.29, 0.717) is 6.04 Å². The van der Waals surface area contributed by atoms with E-state index < -0.39 is 0 Å². The molecule has 3 atom stereocenters. The minimum absolute atomic E-state index is 0.148. The molecule has 0 bridgehead atoms. The van der Waals surface area contributed by atoms with Crippen molar-refractivity contribution in [3.05, 3.63) is 34.3 Å². The number of halogens is 1. The van der Waals surface area contributed by atoms with Gasteiger partial charge in [-0.2, -0.15) is 11.8 Å². The van der Waals surface area contributed by atoms with Gasteiger partial charge in [0.15, 0.2) is 0 Å². The van der Waals surface area contributed by atoms with Gasteiger partial charge in [-0.1, -0.05) is 35.0 Å². The normalized spacial score (nSPS) is 24.1. The van der Waals surface area contributed by atoms with Crippen molar-refractivity contribution < 1.29 is 0 Å². The average Bonchev–Trinajstić information content (AvgIpc) is 2.39. The van der Waals surface area contributed by atoms with Crippen LogP contribution in [0.5, 0.6) is 0 Å². The second kappa shape index (κ2) is 7.11. The Morgan fingerprint density at radius 1 is 1.53 bits per heavy atom. The molecule has 106 valence electrons. The van der Waals surface area contributed by atoms with Crippen LogP contribution in [0, 0.1) is 0 Å². The average molecular weight is 343 g/mol. The van der Waals surface area contributed by atoms with Gasteiger partial charge in [0.05, 0.1) is 0 Å². The Kier molecular flexibility index (Phi) is 5.75. The van der Waals surface area contributed by atoms with E-state index in [1.807, 2.05) is 0 Å². The topological polar surface area (TPSA) is 29.3 Å². The molecule has 1 aliphatic heterocycles. The van der Waals surface area contributed by atoms with E-state index in [1.165, 1.54) is 17.7 Å². The first-order valence-electron chi connectivity index (χ1n) is 6.98. The van der Waals surface area contributed by atoms with Crippen molar-refractivity contribution in [1.82, 2.24) is 4.90 Å². The van der Waals surface area contributed by atoms with Gasteiger partial charge in [0.1, 0.15) is 0 Å². The van der Waals surface area contributed by atoms with Crippen molar-refractivity contribution in [3.8, 4) is 0 Å². The maximum absolute atomic E-state index is 6.27. The van der Waals surface area contributed by atoms with Crippen molar-refractivity contribution in [3.63, 3.8) is 0 Å². The zero-order chi connectivity index (χ0) is 13.8. The lowest BCUT2D eigenvalue weighted by Gasteiger charge is -2.40. The molecule has 0 saturated carbocycles. The predicted molar refractivity (Wildman–Crippen MR) is 88.6 cm³/mol. The van der Waals surface area contributed by atoms with Gasteiger partial charge in [0, 0.05) is 40.6 Å². The smallest absolute Gasteiger partial charge is 0.0497 e. The zero-order valence-corrected chi connectivity index (χ0v) is 14.1. The molecule has 1 saturated heterocycles. The molecule has 2 rings (SSSR count). The maximum Gasteiger partial charge on any atom is 0.0497 e. The highest BCUT2D eigenvalue weighted by Crippen LogP contribution is 2.31. The second-order valence-electron chi connectivity index (χ2n) is 5.25. The molecule has 0 amide bonds. The van der Waals surface area contributed by atoms with E-state index in [4.69, 9.17) is 5.73 Å². The Morgan fingerprint density at radius 2 is 2.32 bits per heavy atom. The first kappa shape index (κ1) is 15.4. The monoisotopic (exact) mass is 342 g/mol. The molecule has 4 heteroatoms. The molecule has 0 aromatic heterocycles. The first-order valence-corrected chi connectivity index (χ1v) is 8.82. The number of hydrogen-bond acceptors (Lipinski definition) is 3. The highest BCUT2D eigenvalue weighted by molar-refractivity contribution is 9.10. The van der Waals surface area contributed by atoms with Crippen LogP contribution >= 0.6 is 27.7 Å². The summed E-state index contributed by atoms with van der Waals surface area (Å²) < 4.78 is 1.13. The van der Waals surface area contributed by atoms with Crippen molar-refractivity contribution in [1.29, 1.82) is 0 Å². The summed E-state index contributed by atoms with van der Waals surface area (Å²) in [6.07, 6.45) is 1.24. The quantitative estimate of drug-likeness (QED) is 0.905. The Morgan fingerprint density at radius 3 is 2.95 bits per heavy atom. The predicted octanol–water partition coefficient (Wildman–Crippen LogP) is 3.66. The molecule has 0 radical (unpaired) electrons. The number of benzene rings is 1. The summed E-state index contributed by atoms with van der Waals surface area (Å²) in [4.78, 5) is 2.57. The summed E-state index contributed by atoms with van der Waals surface area (Å²) in [5.41, 5.74) is 7.60. The van der Waals surface area contributed by atoms with Gasteiger partial charge in [0.25, 0.3) is 0 Å². The van der Waals surface area contributed by atoms with Crippen LogP contribution in [0.1, 0.15) is 31.9 Å². The Labute approximate surface area is 129 Å². The maximum atomic E-state index is 6.27. The summed E-state index contributed by atoms with van der Waals surface area (Å²) in [5, 5.41) is 0.752. The minimum atomic E-state index is 0.148. The molecule has 1 aromatic carbocycles. The number of nitrogens with zero attached hydrogens (tertiary/aromatic N) is 1. The van der Waals surface area contributed by atoms with Crippen LogP contribution in [0.2, 0.25) is 0 Å². The van der Waals surface area contributed by atoms with Crippen LogP contribution in [-0.2, 0) is 0 Å². The number of hydrogen-bond donors (Lipinski definition) is 1. The number of rotatable bonds is 4. The second-order valence-corrected chi connectivity index (χ2v) is 7.58. The molecule has 1 fully saturated rings. The van der Waals surface area contributed by atoms with Gasteiger partial charge in [-0.05, 0) is 31.0 Å². The van der Waals surface area contributed by atoms with Gasteiger partial charge < -0.3 is 5.73 Å². The summed E-state index contributed by atoms with van der Waals surface area (Å²) in [7, 11) is 0. The van der Waals surface area contributed by atoms with E-state index in [2.05, 4.69) is 70.7 Å². The van der Waals surface area contributed by atoms with E-state index in [9.17, 15) is 0 Å². The third-order valence-corrected chi connectivity index (χ3v) is 5.57. The van der Waals surface area contributed by atoms with E-state index in [1.54, 1.807) is 0 Å². The summed E-state index contributed by atoms with van der Waals surface area (Å²) in [6.45, 7) is 6.69. The molecule has 0 spiro atoms. The molecular formula is C15H23BrN2S. The van der Waals surface area contributed by atoms with Crippen LogP contribution in [0.25, 0.3) is 0 Å². The van der Waals surface area contributed by atoms with Gasteiger partial charge in [0.2, 0.25) is 0 Å². The molecule has 0 aliphatic carbocycles. The zero-order valence-electron chi connectivity index (χ0n) is 11.7. The molecule has 1 heterocycles. The van der Waals surface area contributed by atoms with Crippen LogP contribution < -0.4 is 5.73 Å². The summed E-state index contributed by atoms with van der Waals surface area (Å²) in [5.74, 6) is 1.22.